The van der Waals surface area contributed by atoms with E-state index in [-0.39, 0.29) is 12.2 Å². The molecule has 0 fully saturated rings. The fourth-order valence-electron chi connectivity index (χ4n) is 1.98. The molecular formula is C15H22BrFN2O2. The van der Waals surface area contributed by atoms with Crippen LogP contribution in [0.5, 0.6) is 0 Å². The molecule has 1 aromatic rings. The van der Waals surface area contributed by atoms with E-state index in [4.69, 9.17) is 4.74 Å². The van der Waals surface area contributed by atoms with E-state index < -0.39 is 17.3 Å². The van der Waals surface area contributed by atoms with Crippen molar-refractivity contribution >= 4 is 21.9 Å². The topological polar surface area (TPSA) is 41.6 Å². The van der Waals surface area contributed by atoms with Crippen LogP contribution in [0.3, 0.4) is 0 Å². The molecule has 1 aromatic carbocycles. The van der Waals surface area contributed by atoms with Gasteiger partial charge in [0.05, 0.1) is 6.61 Å². The second-order valence-corrected chi connectivity index (χ2v) is 6.12. The Morgan fingerprint density at radius 3 is 2.67 bits per heavy atom. The molecule has 0 aliphatic carbocycles. The average molecular weight is 361 g/mol. The predicted molar refractivity (Wildman–Crippen MR) is 84.6 cm³/mol. The average Bonchev–Trinajstić information content (AvgIpc) is 2.38. The highest BCUT2D eigenvalue weighted by Crippen LogP contribution is 2.27. The van der Waals surface area contributed by atoms with E-state index in [0.717, 1.165) is 6.54 Å². The lowest BCUT2D eigenvalue weighted by molar-refractivity contribution is -0.151. The van der Waals surface area contributed by atoms with Gasteiger partial charge in [0.2, 0.25) is 0 Å². The summed E-state index contributed by atoms with van der Waals surface area (Å²) in [6.45, 7) is 4.90. The number of benzene rings is 1. The smallest absolute Gasteiger partial charge is 0.330 e. The van der Waals surface area contributed by atoms with Gasteiger partial charge < -0.3 is 9.64 Å². The minimum absolute atomic E-state index is 0.252. The first-order valence-corrected chi connectivity index (χ1v) is 7.63. The largest absolute Gasteiger partial charge is 0.464 e. The highest BCUT2D eigenvalue weighted by molar-refractivity contribution is 9.10. The van der Waals surface area contributed by atoms with Crippen molar-refractivity contribution in [2.45, 2.75) is 19.4 Å². The molecule has 0 amide bonds. The quantitative estimate of drug-likeness (QED) is 0.758. The number of hydrogen-bond donors (Lipinski definition) is 1. The molecule has 1 atom stereocenters. The van der Waals surface area contributed by atoms with Crippen molar-refractivity contribution in [1.29, 1.82) is 0 Å². The number of carbonyl (C=O) groups excluding carboxylic acids is 1. The number of nitrogens with one attached hydrogen (secondary N) is 1. The summed E-state index contributed by atoms with van der Waals surface area (Å²) in [7, 11) is 3.87. The van der Waals surface area contributed by atoms with E-state index in [9.17, 15) is 9.18 Å². The van der Waals surface area contributed by atoms with Gasteiger partial charge in [-0.1, -0.05) is 22.0 Å². The summed E-state index contributed by atoms with van der Waals surface area (Å²) >= 11 is 3.22. The fourth-order valence-corrected chi connectivity index (χ4v) is 2.31. The monoisotopic (exact) mass is 360 g/mol. The Labute approximate surface area is 133 Å². The van der Waals surface area contributed by atoms with E-state index in [1.54, 1.807) is 26.0 Å². The minimum atomic E-state index is -1.21. The maximum absolute atomic E-state index is 14.2. The van der Waals surface area contributed by atoms with Crippen LogP contribution in [0.4, 0.5) is 4.39 Å². The third-order valence-electron chi connectivity index (χ3n) is 3.19. The van der Waals surface area contributed by atoms with E-state index in [1.165, 1.54) is 6.07 Å². The number of carbonyl (C=O) groups is 1. The minimum Gasteiger partial charge on any atom is -0.464 e. The number of hydrogen-bond acceptors (Lipinski definition) is 4. The lowest BCUT2D eigenvalue weighted by Crippen LogP contribution is -2.50. The first kappa shape index (κ1) is 18.1. The number of likely N-dealkylation sites (N-methyl/N-ethyl adjacent to an activating group) is 1. The predicted octanol–water partition coefficient (Wildman–Crippen LogP) is 2.52. The van der Waals surface area contributed by atoms with E-state index in [0.29, 0.717) is 11.0 Å². The van der Waals surface area contributed by atoms with E-state index >= 15 is 0 Å². The molecule has 0 spiro atoms. The second kappa shape index (κ2) is 7.87. The molecule has 0 aromatic heterocycles. The molecule has 0 aliphatic heterocycles. The van der Waals surface area contributed by atoms with Crippen molar-refractivity contribution in [3.8, 4) is 0 Å². The molecule has 0 saturated heterocycles. The van der Waals surface area contributed by atoms with Crippen LogP contribution in [-0.2, 0) is 15.1 Å². The number of nitrogens with zero attached hydrogens (tertiary/aromatic N) is 1. The van der Waals surface area contributed by atoms with Gasteiger partial charge in [0, 0.05) is 23.1 Å². The van der Waals surface area contributed by atoms with Crippen LogP contribution in [0.1, 0.15) is 19.4 Å². The van der Waals surface area contributed by atoms with Crippen LogP contribution >= 0.6 is 15.9 Å². The van der Waals surface area contributed by atoms with Gasteiger partial charge in [-0.3, -0.25) is 5.32 Å². The Kier molecular flexibility index (Phi) is 6.77. The normalized spacial score (nSPS) is 14.0. The van der Waals surface area contributed by atoms with Crippen LogP contribution in [0.25, 0.3) is 0 Å². The first-order valence-electron chi connectivity index (χ1n) is 6.83. The number of rotatable bonds is 7. The van der Waals surface area contributed by atoms with Gasteiger partial charge in [-0.15, -0.1) is 0 Å². The van der Waals surface area contributed by atoms with E-state index in [1.807, 2.05) is 19.0 Å². The van der Waals surface area contributed by atoms with Crippen molar-refractivity contribution in [3.63, 3.8) is 0 Å². The molecule has 4 nitrogen and oxygen atoms in total. The molecular weight excluding hydrogens is 339 g/mol. The molecule has 21 heavy (non-hydrogen) atoms. The Balaban J connectivity index is 3.08. The van der Waals surface area contributed by atoms with Crippen LogP contribution in [-0.4, -0.2) is 44.7 Å². The van der Waals surface area contributed by atoms with Gasteiger partial charge in [0.15, 0.2) is 0 Å². The molecule has 118 valence electrons. The second-order valence-electron chi connectivity index (χ2n) is 5.20. The van der Waals surface area contributed by atoms with Crippen LogP contribution in [0.2, 0.25) is 0 Å². The number of esters is 1. The summed E-state index contributed by atoms with van der Waals surface area (Å²) in [5, 5.41) is 3.12. The first-order chi connectivity index (χ1) is 9.81. The molecule has 6 heteroatoms. The fraction of sp³-hybridized carbons (Fsp3) is 0.533. The molecule has 0 aliphatic rings. The lowest BCUT2D eigenvalue weighted by atomic mass is 9.91. The van der Waals surface area contributed by atoms with Gasteiger partial charge in [0.25, 0.3) is 0 Å². The molecule has 0 bridgehead atoms. The Bertz CT molecular complexity index is 497. The number of halogens is 2. The van der Waals surface area contributed by atoms with Gasteiger partial charge in [-0.2, -0.15) is 0 Å². The van der Waals surface area contributed by atoms with Gasteiger partial charge >= 0.3 is 5.97 Å². The highest BCUT2D eigenvalue weighted by atomic mass is 79.9. The summed E-state index contributed by atoms with van der Waals surface area (Å²) in [5.74, 6) is -0.928. The summed E-state index contributed by atoms with van der Waals surface area (Å²) in [5.41, 5.74) is -0.931. The Morgan fingerprint density at radius 2 is 2.14 bits per heavy atom. The maximum atomic E-state index is 14.2. The summed E-state index contributed by atoms with van der Waals surface area (Å²) in [6, 6.07) is 4.66. The van der Waals surface area contributed by atoms with Crippen LogP contribution in [0.15, 0.2) is 22.7 Å². The molecule has 1 N–H and O–H groups in total. The Morgan fingerprint density at radius 1 is 1.48 bits per heavy atom. The van der Waals surface area contributed by atoms with Gasteiger partial charge in [-0.25, -0.2) is 9.18 Å². The molecule has 0 heterocycles. The SMILES string of the molecule is CCOC(=O)C(C)(NCCN(C)C)c1ccc(Br)cc1F. The zero-order valence-electron chi connectivity index (χ0n) is 12.9. The van der Waals surface area contributed by atoms with Crippen LogP contribution in [0, 0.1) is 5.82 Å². The third kappa shape index (κ3) is 4.76. The van der Waals surface area contributed by atoms with E-state index in [2.05, 4.69) is 21.2 Å². The molecule has 0 radical (unpaired) electrons. The molecule has 1 rings (SSSR count). The van der Waals surface area contributed by atoms with Crippen molar-refractivity contribution in [2.24, 2.45) is 0 Å². The standard InChI is InChI=1S/C15H22BrFN2O2/c1-5-21-14(20)15(2,18-8-9-19(3)4)12-7-6-11(16)10-13(12)17/h6-7,10,18H,5,8-9H2,1-4H3. The highest BCUT2D eigenvalue weighted by Gasteiger charge is 2.38. The van der Waals surface area contributed by atoms with Crippen molar-refractivity contribution in [2.75, 3.05) is 33.8 Å². The lowest BCUT2D eigenvalue weighted by Gasteiger charge is -2.30. The van der Waals surface area contributed by atoms with Crippen molar-refractivity contribution in [3.05, 3.63) is 34.1 Å². The molecule has 1 unspecified atom stereocenters. The summed E-state index contributed by atoms with van der Waals surface area (Å²) in [4.78, 5) is 14.3. The summed E-state index contributed by atoms with van der Waals surface area (Å²) in [6.07, 6.45) is 0. The van der Waals surface area contributed by atoms with Crippen molar-refractivity contribution < 1.29 is 13.9 Å². The van der Waals surface area contributed by atoms with Gasteiger partial charge in [0.1, 0.15) is 11.4 Å². The van der Waals surface area contributed by atoms with Crippen LogP contribution < -0.4 is 5.32 Å². The van der Waals surface area contributed by atoms with Crippen molar-refractivity contribution in [1.82, 2.24) is 10.2 Å². The zero-order chi connectivity index (χ0) is 16.0. The maximum Gasteiger partial charge on any atom is 0.330 e. The number of ether oxygens (including phenoxy) is 1. The zero-order valence-corrected chi connectivity index (χ0v) is 14.5. The molecule has 0 saturated carbocycles. The summed E-state index contributed by atoms with van der Waals surface area (Å²) < 4.78 is 20.0. The Hall–Kier alpha value is -0.980. The van der Waals surface area contributed by atoms with Gasteiger partial charge in [-0.05, 0) is 40.1 Å². The third-order valence-corrected chi connectivity index (χ3v) is 3.68.